The smallest absolute Gasteiger partial charge is 0.248 e. The molecule has 1 saturated heterocycles. The third-order valence-electron chi connectivity index (χ3n) is 5.25. The van der Waals surface area contributed by atoms with Crippen LogP contribution in [0.3, 0.4) is 0 Å². The quantitative estimate of drug-likeness (QED) is 0.770. The number of alkyl halides is 1. The molecule has 2 N–H and O–H groups in total. The molecule has 0 bridgehead atoms. The number of nitrogens with two attached hydrogens (primary N) is 1. The topological polar surface area (TPSA) is 80.5 Å². The summed E-state index contributed by atoms with van der Waals surface area (Å²) in [5.41, 5.74) is 5.63. The highest BCUT2D eigenvalue weighted by molar-refractivity contribution is 7.92. The van der Waals surface area contributed by atoms with E-state index in [4.69, 9.17) is 5.73 Å². The van der Waals surface area contributed by atoms with Crippen molar-refractivity contribution in [2.45, 2.75) is 29.2 Å². The number of carbonyl (C=O) groups is 1. The highest BCUT2D eigenvalue weighted by atomic mass is 32.2. The minimum atomic E-state index is -4.25. The number of amides is 1. The van der Waals surface area contributed by atoms with E-state index in [1.165, 1.54) is 36.4 Å². The van der Waals surface area contributed by atoms with Gasteiger partial charge in [-0.25, -0.2) is 21.6 Å². The molecule has 0 saturated carbocycles. The lowest BCUT2D eigenvalue weighted by Gasteiger charge is -2.36. The van der Waals surface area contributed by atoms with Crippen molar-refractivity contribution in [1.29, 1.82) is 0 Å². The fourth-order valence-corrected chi connectivity index (χ4v) is 5.03. The first kappa shape index (κ1) is 21.3. The molecule has 0 unspecified atom stereocenters. The number of hydrogen-bond donors (Lipinski definition) is 1. The van der Waals surface area contributed by atoms with E-state index >= 15 is 4.39 Å². The molecule has 156 valence electrons. The standard InChI is InChI=1S/C20H21F3N2O3S/c21-16-4-1-14(18(22)13-16)7-10-25-11-8-20(23,9-12-25)29(27,28)17-5-2-15(3-6-17)19(24)26/h1-6,13H,7-12H2,(H2,24,26). The average molecular weight is 426 g/mol. The zero-order chi connectivity index (χ0) is 21.2. The van der Waals surface area contributed by atoms with Gasteiger partial charge in [0.15, 0.2) is 0 Å². The van der Waals surface area contributed by atoms with E-state index in [0.717, 1.165) is 6.07 Å². The molecule has 0 spiro atoms. The van der Waals surface area contributed by atoms with E-state index in [0.29, 0.717) is 18.5 Å². The van der Waals surface area contributed by atoms with Crippen LogP contribution in [0.4, 0.5) is 13.2 Å². The minimum absolute atomic E-state index is 0.139. The summed E-state index contributed by atoms with van der Waals surface area (Å²) >= 11 is 0. The number of hydrogen-bond acceptors (Lipinski definition) is 4. The van der Waals surface area contributed by atoms with Crippen LogP contribution in [0.1, 0.15) is 28.8 Å². The third-order valence-corrected chi connectivity index (χ3v) is 7.51. The summed E-state index contributed by atoms with van der Waals surface area (Å²) in [6.45, 7) is 0.793. The summed E-state index contributed by atoms with van der Waals surface area (Å²) in [4.78, 5) is 12.8. The van der Waals surface area contributed by atoms with Gasteiger partial charge in [0, 0.05) is 44.1 Å². The normalized spacial score (nSPS) is 17.2. The number of carbonyl (C=O) groups excluding carboxylic acids is 1. The first-order chi connectivity index (χ1) is 13.6. The van der Waals surface area contributed by atoms with E-state index in [9.17, 15) is 22.0 Å². The van der Waals surface area contributed by atoms with Gasteiger partial charge in [-0.15, -0.1) is 0 Å². The van der Waals surface area contributed by atoms with Crippen molar-refractivity contribution in [2.24, 2.45) is 5.73 Å². The summed E-state index contributed by atoms with van der Waals surface area (Å²) in [6, 6.07) is 8.23. The van der Waals surface area contributed by atoms with E-state index in [1.54, 1.807) is 0 Å². The summed E-state index contributed by atoms with van der Waals surface area (Å²) in [7, 11) is -4.25. The largest absolute Gasteiger partial charge is 0.366 e. The molecule has 1 heterocycles. The second kappa shape index (κ2) is 8.16. The number of piperidine rings is 1. The Morgan fingerprint density at radius 2 is 1.69 bits per heavy atom. The van der Waals surface area contributed by atoms with Crippen LogP contribution in [0, 0.1) is 11.6 Å². The van der Waals surface area contributed by atoms with Gasteiger partial charge in [-0.3, -0.25) is 4.79 Å². The monoisotopic (exact) mass is 426 g/mol. The summed E-state index contributed by atoms with van der Waals surface area (Å²) in [6.07, 6.45) is -0.135. The van der Waals surface area contributed by atoms with Crippen LogP contribution < -0.4 is 5.73 Å². The SMILES string of the molecule is NC(=O)c1ccc(S(=O)(=O)C2(F)CCN(CCc3ccc(F)cc3F)CC2)cc1. The maximum atomic E-state index is 15.3. The molecule has 0 atom stereocenters. The van der Waals surface area contributed by atoms with Crippen LogP contribution >= 0.6 is 0 Å². The zero-order valence-corrected chi connectivity index (χ0v) is 16.4. The molecule has 29 heavy (non-hydrogen) atoms. The van der Waals surface area contributed by atoms with Crippen molar-refractivity contribution in [2.75, 3.05) is 19.6 Å². The number of primary amides is 1. The van der Waals surface area contributed by atoms with Crippen molar-refractivity contribution < 1.29 is 26.4 Å². The summed E-state index contributed by atoms with van der Waals surface area (Å²) in [5.74, 6) is -1.99. The predicted molar refractivity (Wildman–Crippen MR) is 102 cm³/mol. The van der Waals surface area contributed by atoms with Crippen molar-refractivity contribution in [1.82, 2.24) is 4.90 Å². The van der Waals surface area contributed by atoms with Gasteiger partial charge in [-0.2, -0.15) is 0 Å². The Kier molecular flexibility index (Phi) is 6.00. The number of likely N-dealkylation sites (tertiary alicyclic amines) is 1. The molecule has 1 aliphatic heterocycles. The average Bonchev–Trinajstić information content (AvgIpc) is 2.68. The van der Waals surface area contributed by atoms with Crippen LogP contribution in [0.5, 0.6) is 0 Å². The molecule has 5 nitrogen and oxygen atoms in total. The van der Waals surface area contributed by atoms with Crippen molar-refractivity contribution in [3.63, 3.8) is 0 Å². The molecule has 0 aromatic heterocycles. The molecule has 0 aliphatic carbocycles. The molecule has 0 radical (unpaired) electrons. The van der Waals surface area contributed by atoms with E-state index in [-0.39, 0.29) is 36.4 Å². The Balaban J connectivity index is 1.64. The maximum absolute atomic E-state index is 15.3. The number of sulfone groups is 1. The number of rotatable bonds is 6. The number of halogens is 3. The van der Waals surface area contributed by atoms with Crippen LogP contribution in [0.15, 0.2) is 47.4 Å². The molecular weight excluding hydrogens is 405 g/mol. The van der Waals surface area contributed by atoms with Gasteiger partial charge in [-0.1, -0.05) is 6.07 Å². The van der Waals surface area contributed by atoms with Crippen molar-refractivity contribution >= 4 is 15.7 Å². The number of nitrogens with zero attached hydrogens (tertiary/aromatic N) is 1. The molecular formula is C20H21F3N2O3S. The summed E-state index contributed by atoms with van der Waals surface area (Å²) < 4.78 is 67.5. The van der Waals surface area contributed by atoms with Gasteiger partial charge in [0.25, 0.3) is 0 Å². The lowest BCUT2D eigenvalue weighted by molar-refractivity contribution is 0.1000. The highest BCUT2D eigenvalue weighted by Gasteiger charge is 2.47. The zero-order valence-electron chi connectivity index (χ0n) is 15.6. The molecule has 1 amide bonds. The highest BCUT2D eigenvalue weighted by Crippen LogP contribution is 2.37. The summed E-state index contributed by atoms with van der Waals surface area (Å²) in [5, 5.41) is -2.42. The van der Waals surface area contributed by atoms with Gasteiger partial charge in [0.1, 0.15) is 11.6 Å². The molecule has 1 fully saturated rings. The maximum Gasteiger partial charge on any atom is 0.248 e. The van der Waals surface area contributed by atoms with Crippen LogP contribution in [0.25, 0.3) is 0 Å². The minimum Gasteiger partial charge on any atom is -0.366 e. The molecule has 9 heteroatoms. The van der Waals surface area contributed by atoms with Crippen LogP contribution in [-0.2, 0) is 16.3 Å². The van der Waals surface area contributed by atoms with Gasteiger partial charge in [0.05, 0.1) is 4.90 Å². The van der Waals surface area contributed by atoms with Crippen LogP contribution in [0.2, 0.25) is 0 Å². The fourth-order valence-electron chi connectivity index (χ4n) is 3.39. The fraction of sp³-hybridized carbons (Fsp3) is 0.350. The Hall–Kier alpha value is -2.39. The lowest BCUT2D eigenvalue weighted by Crippen LogP contribution is -2.46. The first-order valence-corrected chi connectivity index (χ1v) is 10.6. The van der Waals surface area contributed by atoms with E-state index < -0.39 is 32.4 Å². The second-order valence-corrected chi connectivity index (χ2v) is 9.31. The lowest BCUT2D eigenvalue weighted by atomic mass is 10.1. The van der Waals surface area contributed by atoms with Crippen molar-refractivity contribution in [3.05, 3.63) is 65.2 Å². The van der Waals surface area contributed by atoms with Gasteiger partial charge in [0.2, 0.25) is 20.7 Å². The Bertz CT molecular complexity index is 1000. The van der Waals surface area contributed by atoms with Gasteiger partial charge >= 0.3 is 0 Å². The van der Waals surface area contributed by atoms with Gasteiger partial charge in [-0.05, 0) is 42.3 Å². The Labute approximate surface area is 167 Å². The number of benzene rings is 2. The Morgan fingerprint density at radius 1 is 1.07 bits per heavy atom. The van der Waals surface area contributed by atoms with Gasteiger partial charge < -0.3 is 10.6 Å². The van der Waals surface area contributed by atoms with E-state index in [2.05, 4.69) is 0 Å². The van der Waals surface area contributed by atoms with Crippen LogP contribution in [-0.4, -0.2) is 43.9 Å². The predicted octanol–water partition coefficient (Wildman–Crippen LogP) is 2.84. The molecule has 2 aromatic rings. The molecule has 1 aliphatic rings. The van der Waals surface area contributed by atoms with E-state index in [1.807, 2.05) is 4.90 Å². The van der Waals surface area contributed by atoms with Crippen molar-refractivity contribution in [3.8, 4) is 0 Å². The second-order valence-electron chi connectivity index (χ2n) is 7.10. The first-order valence-electron chi connectivity index (χ1n) is 9.12. The molecule has 3 rings (SSSR count). The third kappa shape index (κ3) is 4.45. The molecule has 2 aromatic carbocycles. The Morgan fingerprint density at radius 3 is 2.24 bits per heavy atom.